The monoisotopic (exact) mass is 333 g/mol. The first kappa shape index (κ1) is 17.0. The van der Waals surface area contributed by atoms with E-state index < -0.39 is 12.8 Å². The van der Waals surface area contributed by atoms with Crippen molar-refractivity contribution in [2.45, 2.75) is 19.0 Å². The molecule has 1 saturated heterocycles. The van der Waals surface area contributed by atoms with Gasteiger partial charge in [-0.05, 0) is 29.9 Å². The number of hydrogen-bond donors (Lipinski definition) is 0. The maximum Gasteiger partial charge on any atom is 0.422 e. The van der Waals surface area contributed by atoms with Gasteiger partial charge in [0, 0.05) is 18.8 Å². The van der Waals surface area contributed by atoms with Crippen LogP contribution in [0, 0.1) is 0 Å². The fourth-order valence-corrected chi connectivity index (χ4v) is 3.04. The lowest BCUT2D eigenvalue weighted by molar-refractivity contribution is -0.153. The van der Waals surface area contributed by atoms with Gasteiger partial charge < -0.3 is 9.64 Å². The Morgan fingerprint density at radius 1 is 1.18 bits per heavy atom. The molecular formula is C15H18F3NO2S. The highest BCUT2D eigenvalue weighted by Crippen LogP contribution is 2.19. The van der Waals surface area contributed by atoms with Crippen LogP contribution in [0.25, 0.3) is 0 Å². The van der Waals surface area contributed by atoms with E-state index in [0.717, 1.165) is 36.6 Å². The summed E-state index contributed by atoms with van der Waals surface area (Å²) in [6.07, 6.45) is -3.08. The number of hydrogen-bond acceptors (Lipinski definition) is 3. The Balaban J connectivity index is 1.86. The van der Waals surface area contributed by atoms with Crippen molar-refractivity contribution in [2.75, 3.05) is 31.2 Å². The Kier molecular flexibility index (Phi) is 5.99. The molecule has 1 fully saturated rings. The van der Waals surface area contributed by atoms with Crippen LogP contribution in [0.5, 0.6) is 5.75 Å². The summed E-state index contributed by atoms with van der Waals surface area (Å²) in [5.41, 5.74) is 0.779. The van der Waals surface area contributed by atoms with Gasteiger partial charge in [-0.25, -0.2) is 0 Å². The van der Waals surface area contributed by atoms with Gasteiger partial charge in [-0.1, -0.05) is 12.1 Å². The molecule has 3 nitrogen and oxygen atoms in total. The molecule has 0 radical (unpaired) electrons. The van der Waals surface area contributed by atoms with E-state index in [1.807, 2.05) is 16.7 Å². The van der Waals surface area contributed by atoms with E-state index >= 15 is 0 Å². The smallest absolute Gasteiger partial charge is 0.422 e. The molecule has 1 heterocycles. The van der Waals surface area contributed by atoms with Crippen LogP contribution in [0.4, 0.5) is 13.2 Å². The van der Waals surface area contributed by atoms with Crippen LogP contribution in [-0.2, 0) is 11.2 Å². The van der Waals surface area contributed by atoms with Crippen LogP contribution in [-0.4, -0.2) is 48.2 Å². The number of alkyl halides is 3. The third-order valence-corrected chi connectivity index (χ3v) is 4.30. The zero-order chi connectivity index (χ0) is 16.0. The molecular weight excluding hydrogens is 315 g/mol. The average Bonchev–Trinajstić information content (AvgIpc) is 2.75. The third-order valence-electron chi connectivity index (χ3n) is 3.26. The Hall–Kier alpha value is -1.37. The molecule has 0 bridgehead atoms. The molecule has 0 aromatic heterocycles. The first-order valence-electron chi connectivity index (χ1n) is 7.08. The van der Waals surface area contributed by atoms with Gasteiger partial charge in [0.15, 0.2) is 6.61 Å². The summed E-state index contributed by atoms with van der Waals surface area (Å²) < 4.78 is 40.8. The number of benzene rings is 1. The quantitative estimate of drug-likeness (QED) is 0.848. The van der Waals surface area contributed by atoms with E-state index in [1.165, 1.54) is 12.1 Å². The van der Waals surface area contributed by atoms with Crippen LogP contribution in [0.15, 0.2) is 24.3 Å². The second kappa shape index (κ2) is 7.76. The first-order chi connectivity index (χ1) is 10.4. The standard InChI is InChI=1S/C15H18F3NO2S/c16-15(17,18)11-21-13-4-2-12(3-5-13)10-14(20)19-6-1-8-22-9-7-19/h2-5H,1,6-11H2. The molecule has 1 aromatic rings. The molecule has 122 valence electrons. The van der Waals surface area contributed by atoms with Crippen molar-refractivity contribution in [1.29, 1.82) is 0 Å². The van der Waals surface area contributed by atoms with E-state index in [1.54, 1.807) is 12.1 Å². The number of amides is 1. The molecule has 1 aliphatic heterocycles. The molecule has 7 heteroatoms. The van der Waals surface area contributed by atoms with E-state index in [2.05, 4.69) is 4.74 Å². The topological polar surface area (TPSA) is 29.5 Å². The average molecular weight is 333 g/mol. The molecule has 0 spiro atoms. The highest BCUT2D eigenvalue weighted by atomic mass is 32.2. The second-order valence-electron chi connectivity index (χ2n) is 5.07. The van der Waals surface area contributed by atoms with Gasteiger partial charge in [0.25, 0.3) is 0 Å². The lowest BCUT2D eigenvalue weighted by Crippen LogP contribution is -2.34. The summed E-state index contributed by atoms with van der Waals surface area (Å²) in [5, 5.41) is 0. The summed E-state index contributed by atoms with van der Waals surface area (Å²) in [6.45, 7) is 0.228. The SMILES string of the molecule is O=C(Cc1ccc(OCC(F)(F)F)cc1)N1CCCSCC1. The lowest BCUT2D eigenvalue weighted by Gasteiger charge is -2.20. The summed E-state index contributed by atoms with van der Waals surface area (Å²) in [4.78, 5) is 14.1. The summed E-state index contributed by atoms with van der Waals surface area (Å²) >= 11 is 1.85. The minimum Gasteiger partial charge on any atom is -0.484 e. The predicted octanol–water partition coefficient (Wildman–Crippen LogP) is 3.14. The Bertz CT molecular complexity index is 483. The number of carbonyl (C=O) groups is 1. The van der Waals surface area contributed by atoms with Gasteiger partial charge in [0.05, 0.1) is 6.42 Å². The van der Waals surface area contributed by atoms with Gasteiger partial charge in [-0.3, -0.25) is 4.79 Å². The second-order valence-corrected chi connectivity index (χ2v) is 6.30. The third kappa shape index (κ3) is 5.79. The van der Waals surface area contributed by atoms with Gasteiger partial charge in [-0.15, -0.1) is 0 Å². The molecule has 0 N–H and O–H groups in total. The minimum atomic E-state index is -4.35. The van der Waals surface area contributed by atoms with Crippen molar-refractivity contribution in [3.8, 4) is 5.75 Å². The summed E-state index contributed by atoms with van der Waals surface area (Å²) in [6, 6.07) is 6.20. The van der Waals surface area contributed by atoms with E-state index in [0.29, 0.717) is 0 Å². The number of nitrogens with zero attached hydrogens (tertiary/aromatic N) is 1. The Morgan fingerprint density at radius 3 is 2.59 bits per heavy atom. The van der Waals surface area contributed by atoms with Crippen LogP contribution in [0.2, 0.25) is 0 Å². The van der Waals surface area contributed by atoms with E-state index in [4.69, 9.17) is 0 Å². The van der Waals surface area contributed by atoms with Gasteiger partial charge in [-0.2, -0.15) is 24.9 Å². The molecule has 22 heavy (non-hydrogen) atoms. The lowest BCUT2D eigenvalue weighted by atomic mass is 10.1. The zero-order valence-electron chi connectivity index (χ0n) is 12.1. The molecule has 2 rings (SSSR count). The normalized spacial score (nSPS) is 16.2. The molecule has 1 aliphatic rings. The van der Waals surface area contributed by atoms with E-state index in [-0.39, 0.29) is 18.1 Å². The van der Waals surface area contributed by atoms with Crippen molar-refractivity contribution >= 4 is 17.7 Å². The van der Waals surface area contributed by atoms with Crippen molar-refractivity contribution in [1.82, 2.24) is 4.90 Å². The number of carbonyl (C=O) groups excluding carboxylic acids is 1. The van der Waals surface area contributed by atoms with Crippen LogP contribution < -0.4 is 4.74 Å². The number of thioether (sulfide) groups is 1. The first-order valence-corrected chi connectivity index (χ1v) is 8.23. The van der Waals surface area contributed by atoms with Crippen molar-refractivity contribution < 1.29 is 22.7 Å². The van der Waals surface area contributed by atoms with E-state index in [9.17, 15) is 18.0 Å². The number of halogens is 3. The maximum absolute atomic E-state index is 12.2. The van der Waals surface area contributed by atoms with Crippen molar-refractivity contribution in [2.24, 2.45) is 0 Å². The molecule has 1 aromatic carbocycles. The van der Waals surface area contributed by atoms with Gasteiger partial charge in [0.1, 0.15) is 5.75 Å². The molecule has 0 unspecified atom stereocenters. The number of ether oxygens (including phenoxy) is 1. The predicted molar refractivity (Wildman–Crippen MR) is 80.2 cm³/mol. The number of rotatable bonds is 4. The van der Waals surface area contributed by atoms with Crippen LogP contribution in [0.3, 0.4) is 0 Å². The fraction of sp³-hybridized carbons (Fsp3) is 0.533. The minimum absolute atomic E-state index is 0.0615. The molecule has 0 aliphatic carbocycles. The van der Waals surface area contributed by atoms with Crippen LogP contribution in [0.1, 0.15) is 12.0 Å². The van der Waals surface area contributed by atoms with Gasteiger partial charge in [0.2, 0.25) is 5.91 Å². The highest BCUT2D eigenvalue weighted by molar-refractivity contribution is 7.99. The molecule has 0 saturated carbocycles. The fourth-order valence-electron chi connectivity index (χ4n) is 2.15. The molecule has 0 atom stereocenters. The Morgan fingerprint density at radius 2 is 1.91 bits per heavy atom. The van der Waals surface area contributed by atoms with Gasteiger partial charge >= 0.3 is 6.18 Å². The van der Waals surface area contributed by atoms with Crippen molar-refractivity contribution in [3.63, 3.8) is 0 Å². The van der Waals surface area contributed by atoms with Crippen LogP contribution >= 0.6 is 11.8 Å². The zero-order valence-corrected chi connectivity index (χ0v) is 12.9. The maximum atomic E-state index is 12.2. The highest BCUT2D eigenvalue weighted by Gasteiger charge is 2.28. The largest absolute Gasteiger partial charge is 0.484 e. The summed E-state index contributed by atoms with van der Waals surface area (Å²) in [5.74, 6) is 2.25. The summed E-state index contributed by atoms with van der Waals surface area (Å²) in [7, 11) is 0. The Labute approximate surface area is 131 Å². The molecule has 1 amide bonds. The van der Waals surface area contributed by atoms with Crippen molar-refractivity contribution in [3.05, 3.63) is 29.8 Å².